The molecule has 0 heterocycles. The molecule has 7 heteroatoms. The molecular weight excluding hydrogens is 352 g/mol. The van der Waals surface area contributed by atoms with Crippen molar-refractivity contribution in [2.24, 2.45) is 0 Å². The number of ether oxygens (including phenoxy) is 1. The highest BCUT2D eigenvalue weighted by Gasteiger charge is 2.29. The first-order valence-corrected chi connectivity index (χ1v) is 10.1. The lowest BCUT2D eigenvalue weighted by atomic mass is 10.1. The van der Waals surface area contributed by atoms with Crippen molar-refractivity contribution in [2.45, 2.75) is 26.3 Å². The topological polar surface area (TPSA) is 75.7 Å². The molecule has 0 saturated carbocycles. The molecule has 2 aromatic rings. The van der Waals surface area contributed by atoms with Crippen LogP contribution in [0.25, 0.3) is 0 Å². The Balaban J connectivity index is 2.24. The zero-order chi connectivity index (χ0) is 19.3. The van der Waals surface area contributed by atoms with Gasteiger partial charge in [0.2, 0.25) is 15.9 Å². The summed E-state index contributed by atoms with van der Waals surface area (Å²) in [6, 6.07) is 13.1. The number of nitrogens with one attached hydrogen (secondary N) is 1. The highest BCUT2D eigenvalue weighted by atomic mass is 32.2. The molecule has 26 heavy (non-hydrogen) atoms. The predicted octanol–water partition coefficient (Wildman–Crippen LogP) is 3.05. The van der Waals surface area contributed by atoms with Crippen LogP contribution in [0, 0.1) is 0 Å². The van der Waals surface area contributed by atoms with E-state index >= 15 is 0 Å². The van der Waals surface area contributed by atoms with Crippen molar-refractivity contribution in [1.82, 2.24) is 0 Å². The highest BCUT2D eigenvalue weighted by Crippen LogP contribution is 2.23. The molecule has 0 unspecified atom stereocenters. The number of methoxy groups -OCH3 is 1. The molecule has 6 nitrogen and oxygen atoms in total. The quantitative estimate of drug-likeness (QED) is 0.806. The first kappa shape index (κ1) is 19.8. The summed E-state index contributed by atoms with van der Waals surface area (Å²) in [5.41, 5.74) is 2.12. The summed E-state index contributed by atoms with van der Waals surface area (Å²) >= 11 is 0. The van der Waals surface area contributed by atoms with Crippen LogP contribution >= 0.6 is 0 Å². The molecule has 140 valence electrons. The molecule has 2 aromatic carbocycles. The molecule has 0 radical (unpaired) electrons. The molecule has 1 N–H and O–H groups in total. The van der Waals surface area contributed by atoms with E-state index in [0.717, 1.165) is 22.5 Å². The number of carbonyl (C=O) groups excluding carboxylic acids is 1. The van der Waals surface area contributed by atoms with Gasteiger partial charge in [-0.2, -0.15) is 0 Å². The number of sulfonamides is 1. The predicted molar refractivity (Wildman–Crippen MR) is 104 cm³/mol. The second-order valence-corrected chi connectivity index (χ2v) is 7.83. The molecule has 2 rings (SSSR count). The average Bonchev–Trinajstić information content (AvgIpc) is 2.61. The number of nitrogens with zero attached hydrogens (tertiary/aromatic N) is 1. The van der Waals surface area contributed by atoms with Gasteiger partial charge < -0.3 is 10.1 Å². The standard InChI is InChI=1S/C19H24N2O4S/c1-5-15-6-10-17(11-7-15)21(26(4,23)24)14(2)19(22)20-16-8-12-18(25-3)13-9-16/h6-14H,5H2,1-4H3,(H,20,22)/t14-/m1/s1. The number of carbonyl (C=O) groups is 1. The summed E-state index contributed by atoms with van der Waals surface area (Å²) in [6.45, 7) is 3.59. The third-order valence-corrected chi connectivity index (χ3v) is 5.29. The second kappa shape index (κ2) is 8.23. The zero-order valence-electron chi connectivity index (χ0n) is 15.4. The number of aryl methyl sites for hydroxylation is 1. The van der Waals surface area contributed by atoms with Gasteiger partial charge in [-0.25, -0.2) is 8.42 Å². The van der Waals surface area contributed by atoms with Gasteiger partial charge in [-0.05, 0) is 55.3 Å². The minimum absolute atomic E-state index is 0.417. The van der Waals surface area contributed by atoms with Crippen molar-refractivity contribution >= 4 is 27.3 Å². The van der Waals surface area contributed by atoms with E-state index in [1.165, 1.54) is 0 Å². The van der Waals surface area contributed by atoms with Crippen LogP contribution < -0.4 is 14.4 Å². The number of benzene rings is 2. The van der Waals surface area contributed by atoms with Crippen LogP contribution in [0.3, 0.4) is 0 Å². The van der Waals surface area contributed by atoms with Gasteiger partial charge >= 0.3 is 0 Å². The average molecular weight is 376 g/mol. The van der Waals surface area contributed by atoms with Gasteiger partial charge in [0.1, 0.15) is 11.8 Å². The normalized spacial score (nSPS) is 12.3. The van der Waals surface area contributed by atoms with E-state index in [2.05, 4.69) is 5.32 Å². The van der Waals surface area contributed by atoms with Gasteiger partial charge in [-0.15, -0.1) is 0 Å². The molecule has 0 aliphatic heterocycles. The van der Waals surface area contributed by atoms with E-state index in [-0.39, 0.29) is 0 Å². The monoisotopic (exact) mass is 376 g/mol. The Hall–Kier alpha value is -2.54. The first-order chi connectivity index (χ1) is 12.3. The summed E-state index contributed by atoms with van der Waals surface area (Å²) in [5.74, 6) is 0.255. The Bertz CT molecular complexity index is 846. The van der Waals surface area contributed by atoms with Crippen LogP contribution in [0.2, 0.25) is 0 Å². The third-order valence-electron chi connectivity index (χ3n) is 4.05. The minimum atomic E-state index is -3.63. The van der Waals surface area contributed by atoms with Crippen LogP contribution in [-0.2, 0) is 21.2 Å². The maximum atomic E-state index is 12.6. The summed E-state index contributed by atoms with van der Waals surface area (Å²) in [6.07, 6.45) is 1.95. The Morgan fingerprint density at radius 3 is 2.15 bits per heavy atom. The molecule has 0 aliphatic rings. The highest BCUT2D eigenvalue weighted by molar-refractivity contribution is 7.92. The van der Waals surface area contributed by atoms with Gasteiger partial charge in [0, 0.05) is 5.69 Å². The van der Waals surface area contributed by atoms with Crippen molar-refractivity contribution in [1.29, 1.82) is 0 Å². The second-order valence-electron chi connectivity index (χ2n) is 5.97. The van der Waals surface area contributed by atoms with Crippen molar-refractivity contribution < 1.29 is 17.9 Å². The van der Waals surface area contributed by atoms with E-state index in [0.29, 0.717) is 17.1 Å². The van der Waals surface area contributed by atoms with E-state index in [1.807, 2.05) is 19.1 Å². The van der Waals surface area contributed by atoms with Crippen LogP contribution in [0.4, 0.5) is 11.4 Å². The third kappa shape index (κ3) is 4.76. The van der Waals surface area contributed by atoms with Crippen molar-refractivity contribution in [3.05, 3.63) is 54.1 Å². The summed E-state index contributed by atoms with van der Waals surface area (Å²) in [4.78, 5) is 12.6. The Morgan fingerprint density at radius 1 is 1.12 bits per heavy atom. The van der Waals surface area contributed by atoms with Gasteiger partial charge in [-0.3, -0.25) is 9.10 Å². The lowest BCUT2D eigenvalue weighted by Gasteiger charge is -2.28. The Kier molecular flexibility index (Phi) is 6.26. The van der Waals surface area contributed by atoms with Gasteiger partial charge in [0.25, 0.3) is 0 Å². The van der Waals surface area contributed by atoms with Crippen LogP contribution in [0.15, 0.2) is 48.5 Å². The Morgan fingerprint density at radius 2 is 1.69 bits per heavy atom. The summed E-state index contributed by atoms with van der Waals surface area (Å²) in [5, 5.41) is 2.74. The van der Waals surface area contributed by atoms with E-state index in [4.69, 9.17) is 4.74 Å². The van der Waals surface area contributed by atoms with Gasteiger partial charge in [-0.1, -0.05) is 19.1 Å². The number of hydrogen-bond acceptors (Lipinski definition) is 4. The van der Waals surface area contributed by atoms with E-state index < -0.39 is 22.0 Å². The molecule has 0 spiro atoms. The molecule has 0 aromatic heterocycles. The minimum Gasteiger partial charge on any atom is -0.497 e. The molecule has 0 bridgehead atoms. The van der Waals surface area contributed by atoms with Crippen LogP contribution in [-0.4, -0.2) is 33.7 Å². The van der Waals surface area contributed by atoms with E-state index in [1.54, 1.807) is 50.4 Å². The summed E-state index contributed by atoms with van der Waals surface area (Å²) < 4.78 is 30.8. The molecule has 0 saturated heterocycles. The lowest BCUT2D eigenvalue weighted by Crippen LogP contribution is -2.45. The Labute approximate surface area is 154 Å². The molecule has 0 aliphatic carbocycles. The van der Waals surface area contributed by atoms with E-state index in [9.17, 15) is 13.2 Å². The van der Waals surface area contributed by atoms with Gasteiger partial charge in [0.15, 0.2) is 0 Å². The maximum Gasteiger partial charge on any atom is 0.247 e. The van der Waals surface area contributed by atoms with Crippen molar-refractivity contribution in [3.8, 4) is 5.75 Å². The lowest BCUT2D eigenvalue weighted by molar-refractivity contribution is -0.116. The SMILES string of the molecule is CCc1ccc(N([C@H](C)C(=O)Nc2ccc(OC)cc2)S(C)(=O)=O)cc1. The van der Waals surface area contributed by atoms with Crippen molar-refractivity contribution in [3.63, 3.8) is 0 Å². The smallest absolute Gasteiger partial charge is 0.247 e. The largest absolute Gasteiger partial charge is 0.497 e. The maximum absolute atomic E-state index is 12.6. The van der Waals surface area contributed by atoms with Crippen LogP contribution in [0.5, 0.6) is 5.75 Å². The number of hydrogen-bond donors (Lipinski definition) is 1. The molecule has 1 amide bonds. The fourth-order valence-electron chi connectivity index (χ4n) is 2.61. The fraction of sp³-hybridized carbons (Fsp3) is 0.316. The number of rotatable bonds is 7. The zero-order valence-corrected chi connectivity index (χ0v) is 16.2. The molecule has 1 atom stereocenters. The molecular formula is C19H24N2O4S. The van der Waals surface area contributed by atoms with Gasteiger partial charge in [0.05, 0.1) is 19.1 Å². The first-order valence-electron chi connectivity index (χ1n) is 8.29. The van der Waals surface area contributed by atoms with Crippen molar-refractivity contribution in [2.75, 3.05) is 23.0 Å². The molecule has 0 fully saturated rings. The number of amides is 1. The summed E-state index contributed by atoms with van der Waals surface area (Å²) in [7, 11) is -2.07. The number of anilines is 2. The fourth-order valence-corrected chi connectivity index (χ4v) is 3.78. The van der Waals surface area contributed by atoms with Crippen LogP contribution in [0.1, 0.15) is 19.4 Å².